The Bertz CT molecular complexity index is 2380. The summed E-state index contributed by atoms with van der Waals surface area (Å²) in [6, 6.07) is 29.2. The molecule has 8 rings (SSSR count). The maximum Gasteiger partial charge on any atom is 0.0655 e. The van der Waals surface area contributed by atoms with Gasteiger partial charge in [-0.2, -0.15) is 5.10 Å². The van der Waals surface area contributed by atoms with Crippen LogP contribution in [0.15, 0.2) is 145 Å². The second kappa shape index (κ2) is 15.8. The standard InChI is InChI=1S/C39H33NS2.C7H10N2/c1-4-13-34-30(5-2)38-37-31-17-10-12-19-35(31)41-36(37)25-33(39(38)42-34)40(32-18-11-9-14-26(32)3)29-22-20-28(21-23-29)24-27-15-7-6-8-16-27;8-9-6-7-4-2-1-3-5-7/h4-7,9-15,17-23,25H,2,8,16,24H2,1,3H3;1-4,6-7H,5,8H2/b13-4-;9-6-. The summed E-state index contributed by atoms with van der Waals surface area (Å²) in [5, 5.41) is 7.41. The van der Waals surface area contributed by atoms with E-state index in [2.05, 4.69) is 152 Å². The van der Waals surface area contributed by atoms with Crippen LogP contribution >= 0.6 is 22.7 Å². The van der Waals surface area contributed by atoms with E-state index in [1.807, 2.05) is 40.9 Å². The molecule has 0 fully saturated rings. The van der Waals surface area contributed by atoms with Crippen molar-refractivity contribution in [2.45, 2.75) is 39.5 Å². The van der Waals surface area contributed by atoms with Crippen LogP contribution in [0.2, 0.25) is 0 Å². The molecule has 1 unspecified atom stereocenters. The summed E-state index contributed by atoms with van der Waals surface area (Å²) in [6.07, 6.45) is 27.4. The van der Waals surface area contributed by atoms with Crippen molar-refractivity contribution >= 4 is 88.4 Å². The van der Waals surface area contributed by atoms with Crippen molar-refractivity contribution in [3.63, 3.8) is 0 Å². The number of allylic oxidation sites excluding steroid dienone is 9. The zero-order chi connectivity index (χ0) is 35.2. The van der Waals surface area contributed by atoms with Crippen LogP contribution in [-0.4, -0.2) is 6.21 Å². The zero-order valence-corrected chi connectivity index (χ0v) is 30.9. The smallest absolute Gasteiger partial charge is 0.0655 e. The third-order valence-corrected chi connectivity index (χ3v) is 11.8. The Balaban J connectivity index is 0.000000395. The van der Waals surface area contributed by atoms with Gasteiger partial charge in [-0.3, -0.25) is 0 Å². The van der Waals surface area contributed by atoms with Gasteiger partial charge in [0.25, 0.3) is 0 Å². The molecule has 6 aromatic rings. The maximum atomic E-state index is 4.97. The van der Waals surface area contributed by atoms with Gasteiger partial charge in [-0.05, 0) is 87.1 Å². The van der Waals surface area contributed by atoms with Crippen molar-refractivity contribution in [1.29, 1.82) is 0 Å². The van der Waals surface area contributed by atoms with Crippen LogP contribution in [0, 0.1) is 12.8 Å². The van der Waals surface area contributed by atoms with Gasteiger partial charge < -0.3 is 10.7 Å². The molecule has 2 aromatic heterocycles. The molecule has 2 aliphatic rings. The van der Waals surface area contributed by atoms with E-state index >= 15 is 0 Å². The van der Waals surface area contributed by atoms with Crippen molar-refractivity contribution < 1.29 is 0 Å². The van der Waals surface area contributed by atoms with Gasteiger partial charge in [0.1, 0.15) is 0 Å². The molecular weight excluding hydrogens is 659 g/mol. The minimum absolute atomic E-state index is 0.417. The van der Waals surface area contributed by atoms with E-state index in [1.165, 1.54) is 74.5 Å². The van der Waals surface area contributed by atoms with Crippen molar-refractivity contribution in [2.24, 2.45) is 16.9 Å². The molecular formula is C46H43N3S2. The fourth-order valence-corrected chi connectivity index (χ4v) is 9.45. The Morgan fingerprint density at radius 1 is 0.902 bits per heavy atom. The van der Waals surface area contributed by atoms with E-state index in [1.54, 1.807) is 6.21 Å². The second-order valence-corrected chi connectivity index (χ2v) is 15.1. The number of anilines is 3. The summed E-state index contributed by atoms with van der Waals surface area (Å²) in [5.74, 6) is 5.39. The first kappa shape index (κ1) is 34.2. The Labute approximate surface area is 309 Å². The number of rotatable bonds is 8. The Kier molecular flexibility index (Phi) is 10.6. The minimum atomic E-state index is 0.417. The Morgan fingerprint density at radius 2 is 1.73 bits per heavy atom. The molecule has 0 spiro atoms. The average Bonchev–Trinajstić information content (AvgIpc) is 3.72. The topological polar surface area (TPSA) is 41.6 Å². The lowest BCUT2D eigenvalue weighted by Crippen LogP contribution is -2.11. The van der Waals surface area contributed by atoms with Gasteiger partial charge >= 0.3 is 0 Å². The average molecular weight is 702 g/mol. The summed E-state index contributed by atoms with van der Waals surface area (Å²) in [4.78, 5) is 3.72. The van der Waals surface area contributed by atoms with E-state index in [-0.39, 0.29) is 0 Å². The molecule has 0 bridgehead atoms. The third kappa shape index (κ3) is 7.18. The number of thiophene rings is 2. The molecule has 0 amide bonds. The monoisotopic (exact) mass is 701 g/mol. The van der Waals surface area contributed by atoms with Crippen molar-refractivity contribution in [3.8, 4) is 0 Å². The van der Waals surface area contributed by atoms with E-state index in [4.69, 9.17) is 5.84 Å². The lowest BCUT2D eigenvalue weighted by atomic mass is 9.97. The maximum absolute atomic E-state index is 4.97. The van der Waals surface area contributed by atoms with E-state index in [0.29, 0.717) is 5.92 Å². The number of nitrogens with two attached hydrogens (primary N) is 1. The van der Waals surface area contributed by atoms with Crippen molar-refractivity contribution in [2.75, 3.05) is 4.90 Å². The summed E-state index contributed by atoms with van der Waals surface area (Å²) in [6.45, 7) is 8.59. The molecule has 254 valence electrons. The van der Waals surface area contributed by atoms with Crippen LogP contribution in [0.5, 0.6) is 0 Å². The summed E-state index contributed by atoms with van der Waals surface area (Å²) < 4.78 is 3.91. The van der Waals surface area contributed by atoms with Gasteiger partial charge in [0.05, 0.1) is 10.4 Å². The molecule has 0 radical (unpaired) electrons. The van der Waals surface area contributed by atoms with Crippen LogP contribution in [0.3, 0.4) is 0 Å². The van der Waals surface area contributed by atoms with Gasteiger partial charge in [0.15, 0.2) is 0 Å². The highest BCUT2D eigenvalue weighted by Crippen LogP contribution is 2.51. The van der Waals surface area contributed by atoms with Gasteiger partial charge in [-0.15, -0.1) is 22.7 Å². The fraction of sp³-hybridized carbons (Fsp3) is 0.152. The number of aryl methyl sites for hydroxylation is 1. The number of para-hydroxylation sites is 1. The van der Waals surface area contributed by atoms with Crippen LogP contribution in [0.4, 0.5) is 17.1 Å². The normalized spacial score (nSPS) is 15.6. The highest BCUT2D eigenvalue weighted by Gasteiger charge is 2.24. The van der Waals surface area contributed by atoms with Crippen LogP contribution < -0.4 is 10.7 Å². The Morgan fingerprint density at radius 3 is 2.45 bits per heavy atom. The second-order valence-electron chi connectivity index (χ2n) is 12.9. The van der Waals surface area contributed by atoms with Crippen LogP contribution in [-0.2, 0) is 6.42 Å². The number of nitrogens with zero attached hydrogens (tertiary/aromatic N) is 2. The molecule has 2 aliphatic carbocycles. The van der Waals surface area contributed by atoms with Crippen LogP contribution in [0.1, 0.15) is 47.8 Å². The largest absolute Gasteiger partial charge is 0.324 e. The molecule has 2 heterocycles. The summed E-state index contributed by atoms with van der Waals surface area (Å²) in [7, 11) is 0. The third-order valence-electron chi connectivity index (χ3n) is 9.48. The molecule has 4 aromatic carbocycles. The lowest BCUT2D eigenvalue weighted by molar-refractivity contribution is 0.882. The van der Waals surface area contributed by atoms with Gasteiger partial charge in [0.2, 0.25) is 0 Å². The molecule has 0 aliphatic heterocycles. The highest BCUT2D eigenvalue weighted by molar-refractivity contribution is 7.26. The van der Waals surface area contributed by atoms with Gasteiger partial charge in [-0.1, -0.05) is 115 Å². The number of fused-ring (bicyclic) bond motifs is 5. The lowest BCUT2D eigenvalue weighted by Gasteiger charge is -2.28. The first-order valence-electron chi connectivity index (χ1n) is 17.6. The fourth-order valence-electron chi connectivity index (χ4n) is 7.02. The molecule has 0 saturated heterocycles. The molecule has 0 saturated carbocycles. The molecule has 2 N–H and O–H groups in total. The molecule has 3 nitrogen and oxygen atoms in total. The number of hydrazone groups is 1. The first-order chi connectivity index (χ1) is 25.1. The molecule has 1 atom stereocenters. The number of benzene rings is 4. The Hall–Kier alpha value is -5.23. The SMILES string of the molecule is C=Cc1c(/C=C\C)sc2c(N(c3ccc(CC4=CC=CCC4)cc3)c3ccccc3C)cc3sc4ccccc4c3c12.N/N=C\C1C=CC=CC1. The van der Waals surface area contributed by atoms with Crippen molar-refractivity contribution in [1.82, 2.24) is 0 Å². The quantitative estimate of drug-likeness (QED) is 0.0975. The molecule has 5 heteroatoms. The highest BCUT2D eigenvalue weighted by atomic mass is 32.1. The summed E-state index contributed by atoms with van der Waals surface area (Å²) in [5.41, 5.74) is 8.93. The minimum Gasteiger partial charge on any atom is -0.324 e. The zero-order valence-electron chi connectivity index (χ0n) is 29.3. The van der Waals surface area contributed by atoms with Gasteiger partial charge in [0, 0.05) is 59.5 Å². The number of hydrogen-bond donors (Lipinski definition) is 1. The number of hydrogen-bond acceptors (Lipinski definition) is 5. The van der Waals surface area contributed by atoms with Gasteiger partial charge in [-0.25, -0.2) is 0 Å². The van der Waals surface area contributed by atoms with E-state index in [9.17, 15) is 0 Å². The predicted octanol–water partition coefficient (Wildman–Crippen LogP) is 13.6. The van der Waals surface area contributed by atoms with E-state index in [0.717, 1.165) is 25.7 Å². The van der Waals surface area contributed by atoms with Crippen LogP contribution in [0.25, 0.3) is 42.4 Å². The predicted molar refractivity (Wildman–Crippen MR) is 228 cm³/mol. The molecule has 51 heavy (non-hydrogen) atoms. The van der Waals surface area contributed by atoms with Crippen molar-refractivity contribution in [3.05, 3.63) is 161 Å². The van der Waals surface area contributed by atoms with E-state index < -0.39 is 0 Å². The summed E-state index contributed by atoms with van der Waals surface area (Å²) >= 11 is 3.75. The first-order valence-corrected chi connectivity index (χ1v) is 19.2.